The molecule has 2 N–H and O–H groups in total. The van der Waals surface area contributed by atoms with Crippen LogP contribution in [0.15, 0.2) is 11.8 Å². The molecule has 4 atom stereocenters. The Labute approximate surface area is 137 Å². The molecule has 0 aromatic heterocycles. The maximum absolute atomic E-state index is 11.6. The van der Waals surface area contributed by atoms with Gasteiger partial charge in [0.1, 0.15) is 0 Å². The summed E-state index contributed by atoms with van der Waals surface area (Å²) in [7, 11) is -2.16. The van der Waals surface area contributed by atoms with E-state index in [1.54, 1.807) is 0 Å². The minimum Gasteiger partial charge on any atom is -0.481 e. The minimum atomic E-state index is -2.16. The van der Waals surface area contributed by atoms with Crippen LogP contribution in [0.5, 0.6) is 0 Å². The van der Waals surface area contributed by atoms with Crippen LogP contribution in [0.3, 0.4) is 0 Å². The number of rotatable bonds is 4. The summed E-state index contributed by atoms with van der Waals surface area (Å²) in [6, 6.07) is 0. The molecular weight excluding hydrogens is 316 g/mol. The van der Waals surface area contributed by atoms with Crippen molar-refractivity contribution < 1.29 is 29.0 Å². The second-order valence-electron chi connectivity index (χ2n) is 7.97. The van der Waals surface area contributed by atoms with Gasteiger partial charge in [0.05, 0.1) is 17.8 Å². The van der Waals surface area contributed by atoms with Crippen LogP contribution < -0.4 is 0 Å². The van der Waals surface area contributed by atoms with Crippen molar-refractivity contribution in [3.63, 3.8) is 0 Å². The summed E-state index contributed by atoms with van der Waals surface area (Å²) < 4.78 is 11.9. The quantitative estimate of drug-likeness (QED) is 0.763. The molecule has 1 aliphatic heterocycles. The lowest BCUT2D eigenvalue weighted by Gasteiger charge is -2.43. The van der Waals surface area contributed by atoms with Crippen LogP contribution in [0.25, 0.3) is 0 Å². The van der Waals surface area contributed by atoms with Gasteiger partial charge < -0.3 is 19.4 Å². The van der Waals surface area contributed by atoms with Crippen LogP contribution in [0.1, 0.15) is 33.6 Å². The van der Waals surface area contributed by atoms with Gasteiger partial charge in [-0.1, -0.05) is 20.8 Å². The molecule has 6 nitrogen and oxygen atoms in total. The highest BCUT2D eigenvalue weighted by Gasteiger charge is 2.53. The van der Waals surface area contributed by atoms with Crippen LogP contribution in [-0.4, -0.2) is 36.8 Å². The van der Waals surface area contributed by atoms with E-state index in [2.05, 4.69) is 33.9 Å². The molecule has 7 heteroatoms. The van der Waals surface area contributed by atoms with Crippen molar-refractivity contribution in [2.24, 2.45) is 17.8 Å². The van der Waals surface area contributed by atoms with Gasteiger partial charge in [0.2, 0.25) is 0 Å². The lowest BCUT2D eigenvalue weighted by molar-refractivity contribution is -0.157. The Morgan fingerprint density at radius 2 is 1.87 bits per heavy atom. The van der Waals surface area contributed by atoms with Crippen molar-refractivity contribution in [2.75, 3.05) is 0 Å². The number of carbonyl (C=O) groups is 2. The summed E-state index contributed by atoms with van der Waals surface area (Å²) in [5.41, 5.74) is 0.161. The van der Waals surface area contributed by atoms with Crippen LogP contribution in [0, 0.1) is 17.8 Å². The van der Waals surface area contributed by atoms with Crippen LogP contribution in [0.4, 0.5) is 0 Å². The van der Waals surface area contributed by atoms with Gasteiger partial charge in [-0.3, -0.25) is 4.79 Å². The molecule has 2 aliphatic rings. The molecular formula is C16H26O6Si. The van der Waals surface area contributed by atoms with E-state index in [4.69, 9.17) is 9.16 Å². The number of ether oxygens (including phenoxy) is 1. The highest BCUT2D eigenvalue weighted by Crippen LogP contribution is 2.49. The zero-order valence-corrected chi connectivity index (χ0v) is 15.3. The summed E-state index contributed by atoms with van der Waals surface area (Å²) in [4.78, 5) is 23.0. The van der Waals surface area contributed by atoms with E-state index >= 15 is 0 Å². The first-order valence-corrected chi connectivity index (χ1v) is 10.9. The molecule has 23 heavy (non-hydrogen) atoms. The lowest BCUT2D eigenvalue weighted by Crippen LogP contribution is -2.49. The Morgan fingerprint density at radius 3 is 2.35 bits per heavy atom. The number of fused-ring (bicyclic) bond motifs is 1. The summed E-state index contributed by atoms with van der Waals surface area (Å²) in [5.74, 6) is -3.35. The number of carboxylic acids is 2. The second kappa shape index (κ2) is 5.94. The SMILES string of the molecule is CC(C)(C)[Si](C)(C)OC1OC=C(C(=O)O)C2CCC(C(=O)O)C12. The van der Waals surface area contributed by atoms with E-state index in [1.807, 2.05) is 0 Å². The van der Waals surface area contributed by atoms with Gasteiger partial charge >= 0.3 is 11.9 Å². The molecule has 0 amide bonds. The molecule has 2 rings (SSSR count). The average molecular weight is 342 g/mol. The highest BCUT2D eigenvalue weighted by atomic mass is 28.4. The Kier molecular flexibility index (Phi) is 4.65. The maximum atomic E-state index is 11.6. The molecule has 130 valence electrons. The number of hydrogen-bond donors (Lipinski definition) is 2. The van der Waals surface area contributed by atoms with E-state index in [9.17, 15) is 19.8 Å². The van der Waals surface area contributed by atoms with E-state index < -0.39 is 38.4 Å². The summed E-state index contributed by atoms with van der Waals surface area (Å²) in [6.07, 6.45) is 1.56. The Morgan fingerprint density at radius 1 is 1.26 bits per heavy atom. The molecule has 1 aliphatic carbocycles. The monoisotopic (exact) mass is 342 g/mol. The van der Waals surface area contributed by atoms with Crippen molar-refractivity contribution in [3.05, 3.63) is 11.8 Å². The second-order valence-corrected chi connectivity index (χ2v) is 12.7. The first-order chi connectivity index (χ1) is 10.5. The standard InChI is InChI=1S/C16H26O6Si/c1-16(2,3)23(4,5)22-15-12-9(6-7-10(12)13(17)18)11(8-21-15)14(19)20/h8-10,12,15H,6-7H2,1-5H3,(H,17,18)(H,19,20). The normalized spacial score (nSPS) is 31.1. The average Bonchev–Trinajstić information content (AvgIpc) is 2.82. The van der Waals surface area contributed by atoms with Crippen LogP contribution in [-0.2, 0) is 18.8 Å². The van der Waals surface area contributed by atoms with Gasteiger partial charge in [0.25, 0.3) is 0 Å². The zero-order chi connectivity index (χ0) is 17.6. The van der Waals surface area contributed by atoms with Gasteiger partial charge in [0.15, 0.2) is 14.6 Å². The van der Waals surface area contributed by atoms with Gasteiger partial charge in [-0.25, -0.2) is 4.79 Å². The predicted octanol–water partition coefficient (Wildman–Crippen LogP) is 3.06. The van der Waals surface area contributed by atoms with E-state index in [-0.39, 0.29) is 16.5 Å². The predicted molar refractivity (Wildman–Crippen MR) is 86.2 cm³/mol. The van der Waals surface area contributed by atoms with Gasteiger partial charge in [0, 0.05) is 11.8 Å². The molecule has 0 radical (unpaired) electrons. The smallest absolute Gasteiger partial charge is 0.334 e. The minimum absolute atomic E-state index is 0.0417. The Balaban J connectivity index is 2.33. The molecule has 0 aromatic rings. The first kappa shape index (κ1) is 18.0. The summed E-state index contributed by atoms with van der Waals surface area (Å²) in [6.45, 7) is 10.4. The van der Waals surface area contributed by atoms with E-state index in [0.29, 0.717) is 12.8 Å². The van der Waals surface area contributed by atoms with Crippen molar-refractivity contribution in [1.29, 1.82) is 0 Å². The van der Waals surface area contributed by atoms with Gasteiger partial charge in [-0.15, -0.1) is 0 Å². The summed E-state index contributed by atoms with van der Waals surface area (Å²) in [5, 5.41) is 18.8. The Bertz CT molecular complexity index is 533. The topological polar surface area (TPSA) is 93.1 Å². The Hall–Kier alpha value is -1.34. The third-order valence-electron chi connectivity index (χ3n) is 5.54. The van der Waals surface area contributed by atoms with Gasteiger partial charge in [-0.05, 0) is 31.0 Å². The number of carboxylic acid groups (broad SMARTS) is 2. The van der Waals surface area contributed by atoms with Crippen molar-refractivity contribution in [2.45, 2.75) is 58.0 Å². The molecule has 0 saturated heterocycles. The van der Waals surface area contributed by atoms with E-state index in [1.165, 1.54) is 6.26 Å². The van der Waals surface area contributed by atoms with Gasteiger partial charge in [-0.2, -0.15) is 0 Å². The van der Waals surface area contributed by atoms with Crippen molar-refractivity contribution in [3.8, 4) is 0 Å². The molecule has 4 unspecified atom stereocenters. The third-order valence-corrected chi connectivity index (χ3v) is 9.98. The number of aliphatic carboxylic acids is 2. The van der Waals surface area contributed by atoms with E-state index in [0.717, 1.165) is 0 Å². The largest absolute Gasteiger partial charge is 0.481 e. The first-order valence-electron chi connectivity index (χ1n) is 7.95. The van der Waals surface area contributed by atoms with Crippen molar-refractivity contribution >= 4 is 20.3 Å². The molecule has 1 fully saturated rings. The van der Waals surface area contributed by atoms with Crippen LogP contribution >= 0.6 is 0 Å². The van der Waals surface area contributed by atoms with Crippen LogP contribution in [0.2, 0.25) is 18.1 Å². The lowest BCUT2D eigenvalue weighted by atomic mass is 9.83. The third kappa shape index (κ3) is 3.30. The fraction of sp³-hybridized carbons (Fsp3) is 0.750. The summed E-state index contributed by atoms with van der Waals surface area (Å²) >= 11 is 0. The number of hydrogen-bond acceptors (Lipinski definition) is 4. The maximum Gasteiger partial charge on any atom is 0.334 e. The fourth-order valence-corrected chi connectivity index (χ4v) is 4.30. The highest BCUT2D eigenvalue weighted by molar-refractivity contribution is 6.74. The molecule has 0 aromatic carbocycles. The molecule has 1 saturated carbocycles. The molecule has 0 bridgehead atoms. The zero-order valence-electron chi connectivity index (χ0n) is 14.3. The fourth-order valence-electron chi connectivity index (χ4n) is 3.16. The van der Waals surface area contributed by atoms with Crippen molar-refractivity contribution in [1.82, 2.24) is 0 Å². The molecule has 0 spiro atoms. The molecule has 1 heterocycles.